The molecule has 2 rings (SSSR count). The van der Waals surface area contributed by atoms with Crippen LogP contribution < -0.4 is 0 Å². The molecule has 1 heterocycles. The van der Waals surface area contributed by atoms with Gasteiger partial charge in [-0.15, -0.1) is 0 Å². The first kappa shape index (κ1) is 13.3. The van der Waals surface area contributed by atoms with Crippen LogP contribution in [0.4, 0.5) is 13.2 Å². The van der Waals surface area contributed by atoms with Gasteiger partial charge in [0.05, 0.1) is 11.3 Å². The van der Waals surface area contributed by atoms with Crippen molar-refractivity contribution in [3.8, 4) is 0 Å². The lowest BCUT2D eigenvalue weighted by Crippen LogP contribution is -2.04. The Kier molecular flexibility index (Phi) is 3.42. The highest BCUT2D eigenvalue weighted by Gasteiger charge is 2.29. The number of alkyl halides is 3. The van der Waals surface area contributed by atoms with Crippen molar-refractivity contribution in [1.82, 2.24) is 9.78 Å². The third-order valence-electron chi connectivity index (χ3n) is 2.75. The lowest BCUT2D eigenvalue weighted by atomic mass is 10.1. The number of rotatable bonds is 3. The Morgan fingerprint density at radius 1 is 1.26 bits per heavy atom. The molecule has 0 radical (unpaired) electrons. The average molecular weight is 268 g/mol. The maximum atomic E-state index is 12.4. The number of aryl methyl sites for hydroxylation is 1. The summed E-state index contributed by atoms with van der Waals surface area (Å²) in [6, 6.07) is 6.53. The van der Waals surface area contributed by atoms with Gasteiger partial charge in [-0.3, -0.25) is 9.48 Å². The third kappa shape index (κ3) is 3.01. The lowest BCUT2D eigenvalue weighted by molar-refractivity contribution is -0.137. The molecular formula is C13H11F3N2O. The number of benzene rings is 1. The van der Waals surface area contributed by atoms with Crippen LogP contribution >= 0.6 is 0 Å². The lowest BCUT2D eigenvalue weighted by Gasteiger charge is -2.06. The Labute approximate surface area is 107 Å². The molecule has 19 heavy (non-hydrogen) atoms. The first-order valence-corrected chi connectivity index (χ1v) is 5.54. The standard InChI is InChI=1S/C13H11F3N2O/c1-18-12(8-19)7-11(17-18)6-9-2-4-10(5-3-9)13(14,15)16/h2-5,7-8H,6H2,1H3. The zero-order valence-electron chi connectivity index (χ0n) is 10.1. The second kappa shape index (κ2) is 4.87. The maximum Gasteiger partial charge on any atom is 0.416 e. The van der Waals surface area contributed by atoms with Crippen molar-refractivity contribution in [1.29, 1.82) is 0 Å². The summed E-state index contributed by atoms with van der Waals surface area (Å²) >= 11 is 0. The minimum absolute atomic E-state index is 0.389. The Hall–Kier alpha value is -2.11. The van der Waals surface area contributed by atoms with Gasteiger partial charge in [-0.2, -0.15) is 18.3 Å². The number of halogens is 3. The molecule has 0 aliphatic heterocycles. The van der Waals surface area contributed by atoms with Gasteiger partial charge in [0.25, 0.3) is 0 Å². The first-order chi connectivity index (χ1) is 8.90. The van der Waals surface area contributed by atoms with Crippen LogP contribution in [0.2, 0.25) is 0 Å². The Morgan fingerprint density at radius 2 is 1.89 bits per heavy atom. The van der Waals surface area contributed by atoms with E-state index in [1.807, 2.05) is 0 Å². The van der Waals surface area contributed by atoms with Gasteiger partial charge in [-0.1, -0.05) is 12.1 Å². The van der Waals surface area contributed by atoms with E-state index in [1.165, 1.54) is 16.8 Å². The van der Waals surface area contributed by atoms with E-state index < -0.39 is 11.7 Å². The van der Waals surface area contributed by atoms with Crippen molar-refractivity contribution >= 4 is 6.29 Å². The number of aromatic nitrogens is 2. The molecule has 0 atom stereocenters. The SMILES string of the molecule is Cn1nc(Cc2ccc(C(F)(F)F)cc2)cc1C=O. The van der Waals surface area contributed by atoms with Crippen LogP contribution in [0.25, 0.3) is 0 Å². The molecule has 3 nitrogen and oxygen atoms in total. The molecule has 1 aromatic heterocycles. The molecular weight excluding hydrogens is 257 g/mol. The molecule has 100 valence electrons. The minimum atomic E-state index is -4.33. The third-order valence-corrected chi connectivity index (χ3v) is 2.75. The van der Waals surface area contributed by atoms with Gasteiger partial charge in [-0.25, -0.2) is 0 Å². The van der Waals surface area contributed by atoms with Crippen LogP contribution in [0.1, 0.15) is 27.3 Å². The van der Waals surface area contributed by atoms with E-state index >= 15 is 0 Å². The highest BCUT2D eigenvalue weighted by molar-refractivity contribution is 5.72. The van der Waals surface area contributed by atoms with Crippen molar-refractivity contribution in [3.63, 3.8) is 0 Å². The van der Waals surface area contributed by atoms with E-state index in [1.54, 1.807) is 13.1 Å². The van der Waals surface area contributed by atoms with Crippen LogP contribution in [0.3, 0.4) is 0 Å². The molecule has 0 aliphatic carbocycles. The number of carbonyl (C=O) groups is 1. The molecule has 0 spiro atoms. The van der Waals surface area contributed by atoms with Gasteiger partial charge < -0.3 is 0 Å². The molecule has 0 aliphatic rings. The van der Waals surface area contributed by atoms with E-state index in [0.717, 1.165) is 12.1 Å². The molecule has 6 heteroatoms. The second-order valence-electron chi connectivity index (χ2n) is 4.17. The van der Waals surface area contributed by atoms with E-state index in [0.29, 0.717) is 29.7 Å². The first-order valence-electron chi connectivity index (χ1n) is 5.54. The summed E-state index contributed by atoms with van der Waals surface area (Å²) in [5.41, 5.74) is 1.11. The molecule has 0 bridgehead atoms. The van der Waals surface area contributed by atoms with Crippen molar-refractivity contribution in [2.75, 3.05) is 0 Å². The summed E-state index contributed by atoms with van der Waals surface area (Å²) in [5.74, 6) is 0. The zero-order chi connectivity index (χ0) is 14.0. The molecule has 1 aromatic carbocycles. The Balaban J connectivity index is 2.17. The second-order valence-corrected chi connectivity index (χ2v) is 4.17. The largest absolute Gasteiger partial charge is 0.416 e. The molecule has 2 aromatic rings. The van der Waals surface area contributed by atoms with E-state index in [2.05, 4.69) is 5.10 Å². The number of nitrogens with zero attached hydrogens (tertiary/aromatic N) is 2. The molecule has 0 fully saturated rings. The molecule has 0 N–H and O–H groups in total. The Bertz CT molecular complexity index is 585. The summed E-state index contributed by atoms with van der Waals surface area (Å²) in [4.78, 5) is 10.7. The van der Waals surface area contributed by atoms with Crippen LogP contribution in [0, 0.1) is 0 Å². The normalized spacial score (nSPS) is 11.6. The van der Waals surface area contributed by atoms with Crippen molar-refractivity contribution < 1.29 is 18.0 Å². The number of hydrogen-bond acceptors (Lipinski definition) is 2. The number of aldehydes is 1. The van der Waals surface area contributed by atoms with E-state index in [-0.39, 0.29) is 0 Å². The predicted molar refractivity (Wildman–Crippen MR) is 62.8 cm³/mol. The fraction of sp³-hybridized carbons (Fsp3) is 0.231. The van der Waals surface area contributed by atoms with Gasteiger partial charge in [0.1, 0.15) is 5.69 Å². The van der Waals surface area contributed by atoms with Gasteiger partial charge in [-0.05, 0) is 23.8 Å². The summed E-state index contributed by atoms with van der Waals surface area (Å²) in [6.07, 6.45) is -3.25. The van der Waals surface area contributed by atoms with Gasteiger partial charge in [0.15, 0.2) is 6.29 Å². The van der Waals surface area contributed by atoms with E-state index in [4.69, 9.17) is 0 Å². The number of carbonyl (C=O) groups excluding carboxylic acids is 1. The van der Waals surface area contributed by atoms with Crippen molar-refractivity contribution in [2.24, 2.45) is 7.05 Å². The van der Waals surface area contributed by atoms with Gasteiger partial charge in [0, 0.05) is 13.5 Å². The number of hydrogen-bond donors (Lipinski definition) is 0. The topological polar surface area (TPSA) is 34.9 Å². The van der Waals surface area contributed by atoms with Crippen LogP contribution in [0.15, 0.2) is 30.3 Å². The summed E-state index contributed by atoms with van der Waals surface area (Å²) < 4.78 is 38.6. The highest BCUT2D eigenvalue weighted by atomic mass is 19.4. The minimum Gasteiger partial charge on any atom is -0.296 e. The highest BCUT2D eigenvalue weighted by Crippen LogP contribution is 2.29. The van der Waals surface area contributed by atoms with Crippen LogP contribution in [-0.2, 0) is 19.6 Å². The Morgan fingerprint density at radius 3 is 2.37 bits per heavy atom. The summed E-state index contributed by atoms with van der Waals surface area (Å²) in [5, 5.41) is 4.11. The average Bonchev–Trinajstić information content (AvgIpc) is 2.69. The van der Waals surface area contributed by atoms with E-state index in [9.17, 15) is 18.0 Å². The summed E-state index contributed by atoms with van der Waals surface area (Å²) in [6.45, 7) is 0. The fourth-order valence-electron chi connectivity index (χ4n) is 1.76. The van der Waals surface area contributed by atoms with Crippen molar-refractivity contribution in [3.05, 3.63) is 52.8 Å². The zero-order valence-corrected chi connectivity index (χ0v) is 10.1. The van der Waals surface area contributed by atoms with Gasteiger partial charge >= 0.3 is 6.18 Å². The smallest absolute Gasteiger partial charge is 0.296 e. The molecule has 0 unspecified atom stereocenters. The molecule has 0 saturated heterocycles. The van der Waals surface area contributed by atoms with Crippen molar-refractivity contribution in [2.45, 2.75) is 12.6 Å². The summed E-state index contributed by atoms with van der Waals surface area (Å²) in [7, 11) is 1.64. The quantitative estimate of drug-likeness (QED) is 0.802. The fourth-order valence-corrected chi connectivity index (χ4v) is 1.76. The molecule has 0 saturated carbocycles. The van der Waals surface area contributed by atoms with Gasteiger partial charge in [0.2, 0.25) is 0 Å². The predicted octanol–water partition coefficient (Wildman–Crippen LogP) is 2.84. The monoisotopic (exact) mass is 268 g/mol. The maximum absolute atomic E-state index is 12.4. The van der Waals surface area contributed by atoms with Crippen LogP contribution in [-0.4, -0.2) is 16.1 Å². The van der Waals surface area contributed by atoms with Crippen LogP contribution in [0.5, 0.6) is 0 Å². The molecule has 0 amide bonds.